The number of rotatable bonds is 8. The summed E-state index contributed by atoms with van der Waals surface area (Å²) < 4.78 is 11.2. The molecule has 8 heteroatoms. The average molecular weight is 624 g/mol. The molecular formula is C37H53NO7. The third-order valence-electron chi connectivity index (χ3n) is 6.92. The zero-order valence-electron chi connectivity index (χ0n) is 27.8. The van der Waals surface area contributed by atoms with Crippen molar-refractivity contribution in [2.75, 3.05) is 0 Å². The highest BCUT2D eigenvalue weighted by Crippen LogP contribution is 2.21. The SMILES string of the molecule is C=C(C)C/C(C)=C\C(=O)N/C=C/C(C)=C/C(C)C1C/C(C)=C/C=C/CCC(OC(C)=O)C(O)/C=C/C(O)CCC/C=C/C(=O)O1. The van der Waals surface area contributed by atoms with Crippen LogP contribution in [0.25, 0.3) is 0 Å². The molecule has 0 saturated carbocycles. The molecule has 1 rings (SSSR count). The Hall–Kier alpha value is -3.75. The van der Waals surface area contributed by atoms with Gasteiger partial charge in [-0.15, -0.1) is 0 Å². The van der Waals surface area contributed by atoms with E-state index in [4.69, 9.17) is 9.47 Å². The minimum absolute atomic E-state index is 0.126. The van der Waals surface area contributed by atoms with E-state index in [-0.39, 0.29) is 11.8 Å². The fourth-order valence-corrected chi connectivity index (χ4v) is 4.72. The summed E-state index contributed by atoms with van der Waals surface area (Å²) in [6, 6.07) is 0. The van der Waals surface area contributed by atoms with E-state index in [0.717, 1.165) is 22.3 Å². The number of allylic oxidation sites excluding steroid dienone is 8. The van der Waals surface area contributed by atoms with Gasteiger partial charge in [0.2, 0.25) is 5.91 Å². The fourth-order valence-electron chi connectivity index (χ4n) is 4.72. The number of aliphatic hydroxyl groups excluding tert-OH is 2. The zero-order valence-corrected chi connectivity index (χ0v) is 27.8. The summed E-state index contributed by atoms with van der Waals surface area (Å²) in [5.41, 5.74) is 3.83. The number of ether oxygens (including phenoxy) is 2. The molecule has 3 N–H and O–H groups in total. The van der Waals surface area contributed by atoms with Gasteiger partial charge in [0.15, 0.2) is 0 Å². The van der Waals surface area contributed by atoms with Gasteiger partial charge in [0, 0.05) is 37.6 Å². The lowest BCUT2D eigenvalue weighted by atomic mass is 9.95. The molecule has 0 aromatic rings. The Balaban J connectivity index is 3.07. The highest BCUT2D eigenvalue weighted by Gasteiger charge is 2.21. The predicted octanol–water partition coefficient (Wildman–Crippen LogP) is 6.65. The van der Waals surface area contributed by atoms with Crippen LogP contribution in [0.2, 0.25) is 0 Å². The molecule has 8 nitrogen and oxygen atoms in total. The van der Waals surface area contributed by atoms with Crippen molar-refractivity contribution in [3.05, 3.63) is 95.8 Å². The summed E-state index contributed by atoms with van der Waals surface area (Å²) in [6.45, 7) is 14.9. The van der Waals surface area contributed by atoms with Gasteiger partial charge in [-0.1, -0.05) is 78.3 Å². The first-order chi connectivity index (χ1) is 21.3. The molecule has 0 fully saturated rings. The molecule has 0 radical (unpaired) electrons. The van der Waals surface area contributed by atoms with Crippen molar-refractivity contribution >= 4 is 17.8 Å². The molecule has 1 aliphatic rings. The zero-order chi connectivity index (χ0) is 33.8. The standard InChI is InChI=1S/C37H53NO7/c1-26(2)22-29(5)25-36(42)38-21-20-28(4)23-30(6)35-24-27(3)14-10-8-12-16-34(44-31(7)39)33(41)19-18-32(40)15-11-9-13-17-37(43)45-35/h8,10,13-14,17-21,23,25,30,32-35,40-41H,1,9,11-12,15-16,22,24H2,2-7H3,(H,38,42)/b10-8+,17-13+,19-18+,21-20+,27-14+,28-23+,29-25-. The molecule has 5 unspecified atom stereocenters. The van der Waals surface area contributed by atoms with Gasteiger partial charge in [0.05, 0.1) is 6.10 Å². The van der Waals surface area contributed by atoms with Crippen molar-refractivity contribution in [2.24, 2.45) is 5.92 Å². The van der Waals surface area contributed by atoms with Crippen LogP contribution in [-0.4, -0.2) is 52.5 Å². The average Bonchev–Trinajstić information content (AvgIpc) is 2.93. The largest absolute Gasteiger partial charge is 0.459 e. The lowest BCUT2D eigenvalue weighted by molar-refractivity contribution is -0.151. The maximum atomic E-state index is 12.7. The minimum atomic E-state index is -1.04. The van der Waals surface area contributed by atoms with Crippen LogP contribution >= 0.6 is 0 Å². The second-order valence-corrected chi connectivity index (χ2v) is 11.9. The quantitative estimate of drug-likeness (QED) is 0.120. The second kappa shape index (κ2) is 21.9. The molecule has 0 spiro atoms. The molecule has 0 aromatic carbocycles. The molecule has 0 saturated heterocycles. The molecule has 0 aromatic heterocycles. The number of carbonyl (C=O) groups is 3. The Bertz CT molecular complexity index is 1200. The first-order valence-corrected chi connectivity index (χ1v) is 15.6. The Kier molecular flexibility index (Phi) is 19.1. The second-order valence-electron chi connectivity index (χ2n) is 11.9. The van der Waals surface area contributed by atoms with Crippen molar-refractivity contribution in [3.8, 4) is 0 Å². The summed E-state index contributed by atoms with van der Waals surface area (Å²) in [5.74, 6) is -1.25. The predicted molar refractivity (Wildman–Crippen MR) is 180 cm³/mol. The van der Waals surface area contributed by atoms with E-state index >= 15 is 0 Å². The maximum absolute atomic E-state index is 12.7. The number of hydrogen-bond donors (Lipinski definition) is 3. The van der Waals surface area contributed by atoms with Gasteiger partial charge in [0.1, 0.15) is 18.3 Å². The van der Waals surface area contributed by atoms with Crippen LogP contribution < -0.4 is 5.32 Å². The smallest absolute Gasteiger partial charge is 0.330 e. The van der Waals surface area contributed by atoms with Crippen molar-refractivity contribution in [3.63, 3.8) is 0 Å². The number of hydrogen-bond acceptors (Lipinski definition) is 7. The summed E-state index contributed by atoms with van der Waals surface area (Å²) in [5, 5.41) is 23.6. The third kappa shape index (κ3) is 19.3. The van der Waals surface area contributed by atoms with Crippen molar-refractivity contribution in [2.45, 2.75) is 111 Å². The number of carbonyl (C=O) groups excluding carboxylic acids is 3. The molecule has 1 amide bonds. The summed E-state index contributed by atoms with van der Waals surface area (Å²) in [6.07, 6.45) is 19.7. The Morgan fingerprint density at radius 2 is 1.87 bits per heavy atom. The Morgan fingerprint density at radius 1 is 1.13 bits per heavy atom. The molecule has 1 heterocycles. The van der Waals surface area contributed by atoms with Crippen LogP contribution in [0, 0.1) is 5.92 Å². The van der Waals surface area contributed by atoms with Gasteiger partial charge in [0.25, 0.3) is 0 Å². The molecule has 0 aliphatic carbocycles. The number of cyclic esters (lactones) is 1. The van der Waals surface area contributed by atoms with Gasteiger partial charge in [-0.25, -0.2) is 4.79 Å². The number of esters is 2. The van der Waals surface area contributed by atoms with Crippen LogP contribution in [0.3, 0.4) is 0 Å². The number of aliphatic hydroxyl groups is 2. The van der Waals surface area contributed by atoms with Gasteiger partial charge in [-0.3, -0.25) is 9.59 Å². The van der Waals surface area contributed by atoms with Crippen LogP contribution in [0.1, 0.15) is 86.5 Å². The molecule has 5 atom stereocenters. The van der Waals surface area contributed by atoms with Crippen LogP contribution in [0.5, 0.6) is 0 Å². The summed E-state index contributed by atoms with van der Waals surface area (Å²) in [7, 11) is 0. The van der Waals surface area contributed by atoms with Crippen LogP contribution in [0.4, 0.5) is 0 Å². The van der Waals surface area contributed by atoms with E-state index < -0.39 is 36.4 Å². The van der Waals surface area contributed by atoms with Crippen LogP contribution in [-0.2, 0) is 23.9 Å². The van der Waals surface area contributed by atoms with Gasteiger partial charge in [-0.05, 0) is 72.3 Å². The highest BCUT2D eigenvalue weighted by atomic mass is 16.6. The van der Waals surface area contributed by atoms with Gasteiger partial charge < -0.3 is 25.0 Å². The van der Waals surface area contributed by atoms with Crippen molar-refractivity contribution in [1.29, 1.82) is 0 Å². The molecular weight excluding hydrogens is 570 g/mol. The van der Waals surface area contributed by atoms with Gasteiger partial charge in [-0.2, -0.15) is 0 Å². The molecule has 45 heavy (non-hydrogen) atoms. The lowest BCUT2D eigenvalue weighted by Crippen LogP contribution is -2.29. The molecule has 1 aliphatic heterocycles. The molecule has 248 valence electrons. The Morgan fingerprint density at radius 3 is 2.56 bits per heavy atom. The number of nitrogens with one attached hydrogen (secondary N) is 1. The number of amides is 1. The topological polar surface area (TPSA) is 122 Å². The minimum Gasteiger partial charge on any atom is -0.459 e. The van der Waals surface area contributed by atoms with Crippen molar-refractivity contribution in [1.82, 2.24) is 5.32 Å². The first-order valence-electron chi connectivity index (χ1n) is 15.6. The summed E-state index contributed by atoms with van der Waals surface area (Å²) >= 11 is 0. The lowest BCUT2D eigenvalue weighted by Gasteiger charge is -2.22. The first kappa shape index (κ1) is 39.3. The fraction of sp³-hybridized carbons (Fsp3) is 0.486. The van der Waals surface area contributed by atoms with E-state index in [9.17, 15) is 24.6 Å². The normalized spacial score (nSPS) is 27.3. The Labute approximate surface area is 269 Å². The summed E-state index contributed by atoms with van der Waals surface area (Å²) in [4.78, 5) is 36.5. The maximum Gasteiger partial charge on any atom is 0.330 e. The van der Waals surface area contributed by atoms with E-state index in [1.807, 2.05) is 58.9 Å². The monoisotopic (exact) mass is 623 g/mol. The molecule has 0 bridgehead atoms. The van der Waals surface area contributed by atoms with E-state index in [2.05, 4.69) is 11.9 Å². The van der Waals surface area contributed by atoms with E-state index in [1.165, 1.54) is 25.2 Å². The third-order valence-corrected chi connectivity index (χ3v) is 6.92. The van der Waals surface area contributed by atoms with Crippen LogP contribution in [0.15, 0.2) is 95.8 Å². The van der Waals surface area contributed by atoms with E-state index in [0.29, 0.717) is 44.9 Å². The van der Waals surface area contributed by atoms with E-state index in [1.54, 1.807) is 24.4 Å². The van der Waals surface area contributed by atoms with Gasteiger partial charge >= 0.3 is 11.9 Å². The van der Waals surface area contributed by atoms with Crippen molar-refractivity contribution < 1.29 is 34.1 Å². The highest BCUT2D eigenvalue weighted by molar-refractivity contribution is 5.89.